The van der Waals surface area contributed by atoms with Crippen molar-refractivity contribution in [3.8, 4) is 29.1 Å². The number of nitriles is 1. The fraction of sp³-hybridized carbons (Fsp3) is 0.214. The van der Waals surface area contributed by atoms with Gasteiger partial charge in [-0.1, -0.05) is 39.7 Å². The van der Waals surface area contributed by atoms with E-state index in [1.807, 2.05) is 37.3 Å². The molecule has 0 bridgehead atoms. The number of carbonyl (C=O) groups excluding carboxylic acids is 1. The lowest BCUT2D eigenvalue weighted by Crippen LogP contribution is -2.24. The molecule has 3 aromatic rings. The largest absolute Gasteiger partial charge is 0.497 e. The van der Waals surface area contributed by atoms with Crippen LogP contribution in [0.4, 0.5) is 0 Å². The maximum Gasteiger partial charge on any atom is 0.262 e. The third kappa shape index (κ3) is 7.66. The molecule has 192 valence electrons. The molecular formula is C28H26BrClN2O5. The predicted molar refractivity (Wildman–Crippen MR) is 146 cm³/mol. The minimum Gasteiger partial charge on any atom is -0.497 e. The maximum absolute atomic E-state index is 12.8. The number of hydrogen-bond donors (Lipinski definition) is 1. The third-order valence-electron chi connectivity index (χ3n) is 5.24. The van der Waals surface area contributed by atoms with E-state index in [-0.39, 0.29) is 12.1 Å². The van der Waals surface area contributed by atoms with Gasteiger partial charge in [0.25, 0.3) is 5.91 Å². The van der Waals surface area contributed by atoms with Crippen LogP contribution in [0.5, 0.6) is 23.0 Å². The summed E-state index contributed by atoms with van der Waals surface area (Å²) in [5.74, 6) is 1.46. The molecule has 0 spiro atoms. The summed E-state index contributed by atoms with van der Waals surface area (Å²) in [6.45, 7) is 2.69. The number of benzene rings is 3. The zero-order chi connectivity index (χ0) is 26.8. The smallest absolute Gasteiger partial charge is 0.262 e. The summed E-state index contributed by atoms with van der Waals surface area (Å²) in [5.41, 5.74) is 2.14. The molecule has 1 N–H and O–H groups in total. The first kappa shape index (κ1) is 27.9. The number of methoxy groups -OCH3 is 2. The number of hydrogen-bond acceptors (Lipinski definition) is 6. The van der Waals surface area contributed by atoms with Gasteiger partial charge in [0, 0.05) is 22.6 Å². The van der Waals surface area contributed by atoms with Gasteiger partial charge < -0.3 is 24.3 Å². The Morgan fingerprint density at radius 3 is 2.46 bits per heavy atom. The highest BCUT2D eigenvalue weighted by atomic mass is 79.9. The van der Waals surface area contributed by atoms with Crippen LogP contribution in [0.25, 0.3) is 6.08 Å². The van der Waals surface area contributed by atoms with Crippen molar-refractivity contribution in [1.82, 2.24) is 5.32 Å². The first-order valence-electron chi connectivity index (χ1n) is 11.3. The minimum atomic E-state index is -0.537. The van der Waals surface area contributed by atoms with Crippen LogP contribution in [-0.2, 0) is 17.9 Å². The normalized spacial score (nSPS) is 10.9. The molecule has 0 saturated heterocycles. The Morgan fingerprint density at radius 1 is 1.05 bits per heavy atom. The zero-order valence-corrected chi connectivity index (χ0v) is 23.0. The first-order valence-corrected chi connectivity index (χ1v) is 12.5. The second kappa shape index (κ2) is 13.6. The molecule has 0 radical (unpaired) electrons. The van der Waals surface area contributed by atoms with Crippen molar-refractivity contribution in [2.75, 3.05) is 20.8 Å². The van der Waals surface area contributed by atoms with Crippen LogP contribution >= 0.6 is 27.5 Å². The van der Waals surface area contributed by atoms with E-state index in [4.69, 9.17) is 30.5 Å². The quantitative estimate of drug-likeness (QED) is 0.209. The molecule has 0 unspecified atom stereocenters. The van der Waals surface area contributed by atoms with Crippen molar-refractivity contribution in [2.24, 2.45) is 0 Å². The van der Waals surface area contributed by atoms with Crippen molar-refractivity contribution in [3.63, 3.8) is 0 Å². The molecule has 0 fully saturated rings. The van der Waals surface area contributed by atoms with Crippen LogP contribution in [0.2, 0.25) is 5.02 Å². The summed E-state index contributed by atoms with van der Waals surface area (Å²) < 4.78 is 23.2. The summed E-state index contributed by atoms with van der Waals surface area (Å²) >= 11 is 9.93. The fourth-order valence-electron chi connectivity index (χ4n) is 3.39. The second-order valence-corrected chi connectivity index (χ2v) is 9.03. The molecule has 0 aliphatic rings. The van der Waals surface area contributed by atoms with E-state index in [9.17, 15) is 10.1 Å². The van der Waals surface area contributed by atoms with Crippen molar-refractivity contribution in [1.29, 1.82) is 5.26 Å². The molecular weight excluding hydrogens is 560 g/mol. The lowest BCUT2D eigenvalue weighted by atomic mass is 10.1. The highest BCUT2D eigenvalue weighted by molar-refractivity contribution is 9.10. The van der Waals surface area contributed by atoms with Gasteiger partial charge in [0.2, 0.25) is 0 Å². The molecule has 0 atom stereocenters. The lowest BCUT2D eigenvalue weighted by molar-refractivity contribution is -0.117. The molecule has 9 heteroatoms. The fourth-order valence-corrected chi connectivity index (χ4v) is 3.93. The first-order chi connectivity index (χ1) is 17.9. The van der Waals surface area contributed by atoms with E-state index in [0.717, 1.165) is 15.6 Å². The number of carbonyl (C=O) groups is 1. The standard InChI is InChI=1S/C28H26BrClN2O5/c1-4-36-26-13-19(12-24(30)27(26)37-17-18-5-8-22(29)9-6-18)11-21(15-31)28(33)32-16-20-7-10-23(34-2)14-25(20)35-3/h5-14H,4,16-17H2,1-3H3,(H,32,33)/b21-11+. The molecule has 0 aliphatic carbocycles. The van der Waals surface area contributed by atoms with E-state index in [0.29, 0.717) is 46.8 Å². The number of amides is 1. The minimum absolute atomic E-state index is 0.0884. The Kier molecular flexibility index (Phi) is 10.2. The van der Waals surface area contributed by atoms with E-state index < -0.39 is 5.91 Å². The van der Waals surface area contributed by atoms with Gasteiger partial charge in [-0.2, -0.15) is 5.26 Å². The van der Waals surface area contributed by atoms with Gasteiger partial charge in [-0.25, -0.2) is 0 Å². The molecule has 7 nitrogen and oxygen atoms in total. The van der Waals surface area contributed by atoms with Gasteiger partial charge in [-0.05, 0) is 60.5 Å². The van der Waals surface area contributed by atoms with Gasteiger partial charge in [0.1, 0.15) is 29.7 Å². The maximum atomic E-state index is 12.8. The number of nitrogens with zero attached hydrogens (tertiary/aromatic N) is 1. The Labute approximate surface area is 229 Å². The summed E-state index contributed by atoms with van der Waals surface area (Å²) in [6.07, 6.45) is 1.45. The Hall–Kier alpha value is -3.67. The monoisotopic (exact) mass is 584 g/mol. The Balaban J connectivity index is 1.78. The molecule has 0 aliphatic heterocycles. The van der Waals surface area contributed by atoms with E-state index in [1.54, 1.807) is 37.4 Å². The molecule has 3 aromatic carbocycles. The SMILES string of the molecule is CCOc1cc(/C=C(\C#N)C(=O)NCc2ccc(OC)cc2OC)cc(Cl)c1OCc1ccc(Br)cc1. The van der Waals surface area contributed by atoms with E-state index in [1.165, 1.54) is 13.2 Å². The Bertz CT molecular complexity index is 1320. The van der Waals surface area contributed by atoms with Gasteiger partial charge >= 0.3 is 0 Å². The van der Waals surface area contributed by atoms with Gasteiger partial charge in [-0.15, -0.1) is 0 Å². The summed E-state index contributed by atoms with van der Waals surface area (Å²) in [6, 6.07) is 18.3. The van der Waals surface area contributed by atoms with Gasteiger partial charge in [-0.3, -0.25) is 4.79 Å². The van der Waals surface area contributed by atoms with Gasteiger partial charge in [0.15, 0.2) is 11.5 Å². The van der Waals surface area contributed by atoms with Crippen LogP contribution in [0, 0.1) is 11.3 Å². The van der Waals surface area contributed by atoms with Gasteiger partial charge in [0.05, 0.1) is 25.8 Å². The number of ether oxygens (including phenoxy) is 4. The Morgan fingerprint density at radius 2 is 1.81 bits per heavy atom. The third-order valence-corrected chi connectivity index (χ3v) is 6.05. The van der Waals surface area contributed by atoms with Crippen LogP contribution < -0.4 is 24.3 Å². The lowest BCUT2D eigenvalue weighted by Gasteiger charge is -2.15. The number of rotatable bonds is 11. The molecule has 3 rings (SSSR count). The summed E-state index contributed by atoms with van der Waals surface area (Å²) in [4.78, 5) is 12.8. The van der Waals surface area contributed by atoms with Crippen molar-refractivity contribution < 1.29 is 23.7 Å². The van der Waals surface area contributed by atoms with Crippen LogP contribution in [-0.4, -0.2) is 26.7 Å². The molecule has 0 saturated carbocycles. The average Bonchev–Trinajstić information content (AvgIpc) is 2.90. The van der Waals surface area contributed by atoms with Crippen LogP contribution in [0.1, 0.15) is 23.6 Å². The van der Waals surface area contributed by atoms with Crippen molar-refractivity contribution in [2.45, 2.75) is 20.1 Å². The number of halogens is 2. The average molecular weight is 586 g/mol. The molecule has 1 amide bonds. The van der Waals surface area contributed by atoms with Crippen molar-refractivity contribution in [3.05, 3.63) is 86.4 Å². The van der Waals surface area contributed by atoms with E-state index in [2.05, 4.69) is 21.2 Å². The highest BCUT2D eigenvalue weighted by Crippen LogP contribution is 2.38. The zero-order valence-electron chi connectivity index (χ0n) is 20.6. The highest BCUT2D eigenvalue weighted by Gasteiger charge is 2.15. The number of nitrogens with one attached hydrogen (secondary N) is 1. The van der Waals surface area contributed by atoms with Crippen molar-refractivity contribution >= 4 is 39.5 Å². The molecule has 0 aromatic heterocycles. The predicted octanol–water partition coefficient (Wildman–Crippen LogP) is 6.32. The molecule has 0 heterocycles. The topological polar surface area (TPSA) is 89.8 Å². The second-order valence-electron chi connectivity index (χ2n) is 7.71. The van der Waals surface area contributed by atoms with E-state index >= 15 is 0 Å². The van der Waals surface area contributed by atoms with Crippen LogP contribution in [0.15, 0.2) is 64.6 Å². The van der Waals surface area contributed by atoms with Crippen LogP contribution in [0.3, 0.4) is 0 Å². The summed E-state index contributed by atoms with van der Waals surface area (Å²) in [7, 11) is 3.09. The summed E-state index contributed by atoms with van der Waals surface area (Å²) in [5, 5.41) is 12.7. The molecule has 37 heavy (non-hydrogen) atoms.